The molecule has 0 aliphatic rings. The highest BCUT2D eigenvalue weighted by atomic mass is 35.5. The van der Waals surface area contributed by atoms with E-state index >= 15 is 0 Å². The van der Waals surface area contributed by atoms with E-state index in [9.17, 15) is 17.6 Å². The van der Waals surface area contributed by atoms with Gasteiger partial charge in [0.15, 0.2) is 0 Å². The molecule has 0 radical (unpaired) electrons. The molecule has 0 aliphatic heterocycles. The first-order valence-electron chi connectivity index (χ1n) is 10.3. The van der Waals surface area contributed by atoms with Crippen molar-refractivity contribution in [2.45, 2.75) is 31.8 Å². The van der Waals surface area contributed by atoms with Crippen LogP contribution in [0.1, 0.15) is 22.3 Å². The van der Waals surface area contributed by atoms with Crippen molar-refractivity contribution in [3.63, 3.8) is 0 Å². The van der Waals surface area contributed by atoms with Crippen molar-refractivity contribution >= 4 is 32.5 Å². The van der Waals surface area contributed by atoms with Crippen LogP contribution in [0.15, 0.2) is 76.4 Å². The summed E-state index contributed by atoms with van der Waals surface area (Å²) in [5.74, 6) is -0.414. The molecule has 170 valence electrons. The second kappa shape index (κ2) is 9.09. The first-order valence-corrected chi connectivity index (χ1v) is 12.1. The molecule has 8 heteroatoms. The number of aromatic nitrogens is 1. The Morgan fingerprint density at radius 2 is 1.61 bits per heavy atom. The van der Waals surface area contributed by atoms with E-state index in [0.717, 1.165) is 22.0 Å². The van der Waals surface area contributed by atoms with Gasteiger partial charge in [-0.3, -0.25) is 4.79 Å². The summed E-state index contributed by atoms with van der Waals surface area (Å²) in [6.45, 7) is 3.71. The molecule has 1 N–H and O–H groups in total. The number of aromatic amines is 1. The third kappa shape index (κ3) is 4.85. The summed E-state index contributed by atoms with van der Waals surface area (Å²) in [5.41, 5.74) is 3.30. The number of nitrogens with zero attached hydrogens (tertiary/aromatic N) is 1. The maximum Gasteiger partial charge on any atom is 0.252 e. The van der Waals surface area contributed by atoms with Crippen molar-refractivity contribution in [3.05, 3.63) is 110 Å². The number of halogens is 2. The molecule has 0 fully saturated rings. The highest BCUT2D eigenvalue weighted by molar-refractivity contribution is 7.89. The first-order chi connectivity index (χ1) is 15.6. The molecule has 0 spiro atoms. The fraction of sp³-hybridized carbons (Fsp3) is 0.160. The standard InChI is InChI=1S/C25H22ClFN2O3S/c1-16-3-6-19-13-20(25(30)28-24(19)17(16)2)15-29(14-18-4-9-22(27)10-5-18)33(31,32)23-11-7-21(26)8-12-23/h3-13H,14-15H2,1-2H3,(H,28,30). The molecule has 0 aliphatic carbocycles. The Hall–Kier alpha value is -3.00. The zero-order chi connectivity index (χ0) is 23.8. The molecule has 4 aromatic rings. The molecule has 0 amide bonds. The van der Waals surface area contributed by atoms with E-state index in [1.54, 1.807) is 6.07 Å². The van der Waals surface area contributed by atoms with Crippen molar-refractivity contribution < 1.29 is 12.8 Å². The maximum atomic E-state index is 13.5. The van der Waals surface area contributed by atoms with Gasteiger partial charge in [-0.15, -0.1) is 0 Å². The van der Waals surface area contributed by atoms with Crippen molar-refractivity contribution in [2.24, 2.45) is 0 Å². The number of H-pyrrole nitrogens is 1. The Morgan fingerprint density at radius 3 is 2.27 bits per heavy atom. The molecule has 3 aromatic carbocycles. The summed E-state index contributed by atoms with van der Waals surface area (Å²) in [5, 5.41) is 1.23. The molecule has 33 heavy (non-hydrogen) atoms. The van der Waals surface area contributed by atoms with Crippen LogP contribution in [0.25, 0.3) is 10.9 Å². The van der Waals surface area contributed by atoms with Gasteiger partial charge in [0, 0.05) is 23.7 Å². The van der Waals surface area contributed by atoms with Gasteiger partial charge in [0.1, 0.15) is 5.82 Å². The third-order valence-electron chi connectivity index (χ3n) is 5.70. The number of nitrogens with one attached hydrogen (secondary N) is 1. The topological polar surface area (TPSA) is 70.2 Å². The lowest BCUT2D eigenvalue weighted by Gasteiger charge is -2.22. The van der Waals surface area contributed by atoms with Crippen LogP contribution < -0.4 is 5.56 Å². The van der Waals surface area contributed by atoms with E-state index in [-0.39, 0.29) is 23.5 Å². The van der Waals surface area contributed by atoms with Gasteiger partial charge in [-0.1, -0.05) is 35.9 Å². The SMILES string of the molecule is Cc1ccc2cc(CN(Cc3ccc(F)cc3)S(=O)(=O)c3ccc(Cl)cc3)c(=O)[nH]c2c1C. The lowest BCUT2D eigenvalue weighted by Crippen LogP contribution is -2.32. The summed E-state index contributed by atoms with van der Waals surface area (Å²) in [7, 11) is -3.98. The summed E-state index contributed by atoms with van der Waals surface area (Å²) in [6.07, 6.45) is 0. The summed E-state index contributed by atoms with van der Waals surface area (Å²) < 4.78 is 41.6. The summed E-state index contributed by atoms with van der Waals surface area (Å²) in [6, 6.07) is 17.0. The first kappa shape index (κ1) is 23.2. The number of pyridine rings is 1. The third-order valence-corrected chi connectivity index (χ3v) is 7.76. The maximum absolute atomic E-state index is 13.5. The monoisotopic (exact) mass is 484 g/mol. The second-order valence-electron chi connectivity index (χ2n) is 7.95. The normalized spacial score (nSPS) is 11.9. The van der Waals surface area contributed by atoms with Crippen LogP contribution in [0.2, 0.25) is 5.02 Å². The zero-order valence-corrected chi connectivity index (χ0v) is 19.7. The number of rotatable bonds is 6. The van der Waals surface area contributed by atoms with E-state index in [2.05, 4.69) is 4.98 Å². The van der Waals surface area contributed by atoms with Crippen molar-refractivity contribution in [1.82, 2.24) is 9.29 Å². The number of sulfonamides is 1. The van der Waals surface area contributed by atoms with Gasteiger partial charge in [-0.2, -0.15) is 4.31 Å². The minimum atomic E-state index is -3.98. The predicted molar refractivity (Wildman–Crippen MR) is 128 cm³/mol. The van der Waals surface area contributed by atoms with E-state index in [1.807, 2.05) is 26.0 Å². The molecule has 0 unspecified atom stereocenters. The smallest absolute Gasteiger partial charge is 0.252 e. The number of hydrogen-bond donors (Lipinski definition) is 1. The van der Waals surface area contributed by atoms with Crippen molar-refractivity contribution in [3.8, 4) is 0 Å². The Balaban J connectivity index is 1.78. The Labute approximate surface area is 196 Å². The van der Waals surface area contributed by atoms with Crippen LogP contribution in [0.5, 0.6) is 0 Å². The molecule has 0 saturated heterocycles. The molecule has 0 bridgehead atoms. The predicted octanol–water partition coefficient (Wildman–Crippen LogP) is 5.33. The van der Waals surface area contributed by atoms with Crippen LogP contribution >= 0.6 is 11.6 Å². The average Bonchev–Trinajstić information content (AvgIpc) is 2.78. The fourth-order valence-electron chi connectivity index (χ4n) is 3.65. The highest BCUT2D eigenvalue weighted by Gasteiger charge is 2.26. The zero-order valence-electron chi connectivity index (χ0n) is 18.1. The van der Waals surface area contributed by atoms with Crippen LogP contribution in [0, 0.1) is 19.7 Å². The van der Waals surface area contributed by atoms with E-state index < -0.39 is 15.8 Å². The summed E-state index contributed by atoms with van der Waals surface area (Å²) >= 11 is 5.93. The number of fused-ring (bicyclic) bond motifs is 1. The van der Waals surface area contributed by atoms with E-state index in [1.165, 1.54) is 52.8 Å². The molecule has 5 nitrogen and oxygen atoms in total. The molecular formula is C25H22ClFN2O3S. The quantitative estimate of drug-likeness (QED) is 0.402. The van der Waals surface area contributed by atoms with Crippen molar-refractivity contribution in [2.75, 3.05) is 0 Å². The van der Waals surface area contributed by atoms with Gasteiger partial charge in [-0.25, -0.2) is 12.8 Å². The largest absolute Gasteiger partial charge is 0.321 e. The Morgan fingerprint density at radius 1 is 0.939 bits per heavy atom. The van der Waals surface area contributed by atoms with Gasteiger partial charge in [0.25, 0.3) is 5.56 Å². The van der Waals surface area contributed by atoms with Crippen LogP contribution in [-0.4, -0.2) is 17.7 Å². The Bertz CT molecular complexity index is 1480. The second-order valence-corrected chi connectivity index (χ2v) is 10.3. The Kier molecular flexibility index (Phi) is 6.38. The number of benzene rings is 3. The van der Waals surface area contributed by atoms with Crippen LogP contribution in [0.3, 0.4) is 0 Å². The lowest BCUT2D eigenvalue weighted by atomic mass is 10.0. The van der Waals surface area contributed by atoms with Crippen LogP contribution in [-0.2, 0) is 23.1 Å². The van der Waals surface area contributed by atoms with Gasteiger partial charge in [0.2, 0.25) is 10.0 Å². The minimum Gasteiger partial charge on any atom is -0.321 e. The molecule has 0 atom stereocenters. The molecule has 1 heterocycles. The van der Waals surface area contributed by atoms with E-state index in [0.29, 0.717) is 16.1 Å². The molecular weight excluding hydrogens is 463 g/mol. The van der Waals surface area contributed by atoms with Crippen molar-refractivity contribution in [1.29, 1.82) is 0 Å². The molecule has 1 aromatic heterocycles. The van der Waals surface area contributed by atoms with Crippen LogP contribution in [0.4, 0.5) is 4.39 Å². The highest BCUT2D eigenvalue weighted by Crippen LogP contribution is 2.24. The number of aryl methyl sites for hydroxylation is 2. The fourth-order valence-corrected chi connectivity index (χ4v) is 5.18. The van der Waals surface area contributed by atoms with Gasteiger partial charge < -0.3 is 4.98 Å². The van der Waals surface area contributed by atoms with Gasteiger partial charge >= 0.3 is 0 Å². The minimum absolute atomic E-state index is 0.0321. The molecule has 4 rings (SSSR count). The van der Waals surface area contributed by atoms with Gasteiger partial charge in [0.05, 0.1) is 10.4 Å². The summed E-state index contributed by atoms with van der Waals surface area (Å²) in [4.78, 5) is 15.8. The number of hydrogen-bond acceptors (Lipinski definition) is 3. The van der Waals surface area contributed by atoms with Gasteiger partial charge in [-0.05, 0) is 78.4 Å². The molecule has 0 saturated carbocycles. The average molecular weight is 485 g/mol. The van der Waals surface area contributed by atoms with E-state index in [4.69, 9.17) is 11.6 Å². The lowest BCUT2D eigenvalue weighted by molar-refractivity contribution is 0.399.